The summed E-state index contributed by atoms with van der Waals surface area (Å²) in [6, 6.07) is 17.5. The number of pyridine rings is 1. The highest BCUT2D eigenvalue weighted by Crippen LogP contribution is 2.30. The molecular weight excluding hydrogens is 424 g/mol. The van der Waals surface area contributed by atoms with Gasteiger partial charge in [0.1, 0.15) is 0 Å². The van der Waals surface area contributed by atoms with Gasteiger partial charge in [0, 0.05) is 60.1 Å². The van der Waals surface area contributed by atoms with Gasteiger partial charge in [0.25, 0.3) is 5.91 Å². The first-order valence-electron chi connectivity index (χ1n) is 11.8. The number of nitrogens with one attached hydrogen (secondary N) is 1. The molecule has 2 aromatic carbocycles. The van der Waals surface area contributed by atoms with Crippen LogP contribution in [0.3, 0.4) is 0 Å². The number of rotatable bonds is 8. The lowest BCUT2D eigenvalue weighted by Gasteiger charge is -2.26. The number of nitrogens with zero attached hydrogens (tertiary/aromatic N) is 2. The van der Waals surface area contributed by atoms with Gasteiger partial charge in [0.2, 0.25) is 0 Å². The maximum Gasteiger partial charge on any atom is 0.256 e. The van der Waals surface area contributed by atoms with Crippen LogP contribution in [0.4, 0.5) is 11.4 Å². The molecule has 1 aliphatic heterocycles. The molecular formula is C28H32N4O2. The number of carbonyl (C=O) groups is 1. The predicted molar refractivity (Wildman–Crippen MR) is 138 cm³/mol. The number of allylic oxidation sites excluding steroid dienone is 1. The van der Waals surface area contributed by atoms with E-state index in [0.717, 1.165) is 73.6 Å². The first kappa shape index (κ1) is 23.7. The molecule has 1 aromatic heterocycles. The van der Waals surface area contributed by atoms with E-state index in [1.165, 1.54) is 0 Å². The number of anilines is 2. The first-order chi connectivity index (χ1) is 16.6. The number of nitrogens with two attached hydrogens (primary N) is 1. The van der Waals surface area contributed by atoms with Crippen LogP contribution in [0.5, 0.6) is 0 Å². The zero-order valence-electron chi connectivity index (χ0n) is 19.7. The summed E-state index contributed by atoms with van der Waals surface area (Å²) in [6.07, 6.45) is 7.47. The molecule has 6 nitrogen and oxygen atoms in total. The molecule has 0 bridgehead atoms. The summed E-state index contributed by atoms with van der Waals surface area (Å²) in [5.41, 5.74) is 12.2. The molecule has 3 N–H and O–H groups in total. The largest absolute Gasteiger partial charge is 0.398 e. The molecule has 0 saturated carbocycles. The Balaban J connectivity index is 1.62. The number of amides is 1. The predicted octanol–water partition coefficient (Wildman–Crippen LogP) is 4.99. The highest BCUT2D eigenvalue weighted by molar-refractivity contribution is 6.26. The molecule has 6 heteroatoms. The molecule has 1 aliphatic rings. The lowest BCUT2D eigenvalue weighted by molar-refractivity contribution is -0.111. The van der Waals surface area contributed by atoms with Crippen molar-refractivity contribution in [3.8, 4) is 11.1 Å². The minimum absolute atomic E-state index is 0.164. The van der Waals surface area contributed by atoms with E-state index in [1.807, 2.05) is 67.0 Å². The fourth-order valence-corrected chi connectivity index (χ4v) is 4.05. The third-order valence-electron chi connectivity index (χ3n) is 5.89. The van der Waals surface area contributed by atoms with E-state index in [4.69, 9.17) is 10.5 Å². The Morgan fingerprint density at radius 2 is 1.88 bits per heavy atom. The number of benzene rings is 2. The van der Waals surface area contributed by atoms with Gasteiger partial charge >= 0.3 is 0 Å². The Kier molecular flexibility index (Phi) is 8.07. The summed E-state index contributed by atoms with van der Waals surface area (Å²) >= 11 is 0. The second kappa shape index (κ2) is 11.6. The smallest absolute Gasteiger partial charge is 0.256 e. The summed E-state index contributed by atoms with van der Waals surface area (Å²) in [7, 11) is 0. The number of para-hydroxylation sites is 1. The Hall–Kier alpha value is -3.48. The van der Waals surface area contributed by atoms with Crippen LogP contribution in [-0.2, 0) is 16.1 Å². The number of morpholine rings is 1. The molecule has 0 atom stereocenters. The summed E-state index contributed by atoms with van der Waals surface area (Å²) in [4.78, 5) is 20.1. The Morgan fingerprint density at radius 1 is 1.09 bits per heavy atom. The van der Waals surface area contributed by atoms with Crippen LogP contribution >= 0.6 is 0 Å². The van der Waals surface area contributed by atoms with E-state index >= 15 is 0 Å². The van der Waals surface area contributed by atoms with Crippen LogP contribution in [0.15, 0.2) is 73.1 Å². The van der Waals surface area contributed by atoms with Gasteiger partial charge in [0.05, 0.1) is 13.2 Å². The van der Waals surface area contributed by atoms with Crippen molar-refractivity contribution >= 4 is 22.9 Å². The van der Waals surface area contributed by atoms with E-state index in [9.17, 15) is 4.79 Å². The number of nitrogen functional groups attached to an aromatic ring is 1. The molecule has 2 heterocycles. The number of ether oxygens (including phenoxy) is 1. The summed E-state index contributed by atoms with van der Waals surface area (Å²) in [6.45, 7) is 6.33. The molecule has 3 aromatic rings. The first-order valence-corrected chi connectivity index (χ1v) is 11.8. The maximum absolute atomic E-state index is 13.2. The van der Waals surface area contributed by atoms with Gasteiger partial charge in [0.15, 0.2) is 0 Å². The fourth-order valence-electron chi connectivity index (χ4n) is 4.05. The van der Waals surface area contributed by atoms with E-state index in [-0.39, 0.29) is 5.91 Å². The zero-order valence-corrected chi connectivity index (χ0v) is 19.7. The van der Waals surface area contributed by atoms with Crippen LogP contribution in [0.25, 0.3) is 16.7 Å². The van der Waals surface area contributed by atoms with Crippen LogP contribution in [0.2, 0.25) is 0 Å². The average molecular weight is 457 g/mol. The molecule has 1 saturated heterocycles. The highest BCUT2D eigenvalue weighted by Gasteiger charge is 2.17. The lowest BCUT2D eigenvalue weighted by Crippen LogP contribution is -2.35. The van der Waals surface area contributed by atoms with Gasteiger partial charge < -0.3 is 15.8 Å². The molecule has 0 unspecified atom stereocenters. The number of aromatic nitrogens is 1. The standard InChI is InChI=1S/C28H32N4O2/c1-2-3-9-25(28(33)31-24-7-5-4-6-8-24)26-17-22(10-11-27(26)29)23-16-21(18-30-19-23)20-32-12-14-34-15-13-32/h4-11,16-19H,2-3,12-15,20,29H2,1H3,(H,31,33)/b25-9+. The molecule has 1 fully saturated rings. The van der Waals surface area contributed by atoms with Crippen molar-refractivity contribution in [2.45, 2.75) is 26.3 Å². The third-order valence-corrected chi connectivity index (χ3v) is 5.89. The number of hydrogen-bond acceptors (Lipinski definition) is 5. The topological polar surface area (TPSA) is 80.5 Å². The van der Waals surface area contributed by atoms with Gasteiger partial charge in [-0.05, 0) is 47.9 Å². The zero-order chi connectivity index (χ0) is 23.8. The van der Waals surface area contributed by atoms with Gasteiger partial charge in [-0.25, -0.2) is 0 Å². The molecule has 34 heavy (non-hydrogen) atoms. The molecule has 4 rings (SSSR count). The minimum Gasteiger partial charge on any atom is -0.398 e. The number of carbonyl (C=O) groups excluding carboxylic acids is 1. The Morgan fingerprint density at radius 3 is 2.65 bits per heavy atom. The minimum atomic E-state index is -0.164. The average Bonchev–Trinajstić information content (AvgIpc) is 2.86. The summed E-state index contributed by atoms with van der Waals surface area (Å²) in [5.74, 6) is -0.164. The van der Waals surface area contributed by atoms with Crippen molar-refractivity contribution in [2.75, 3.05) is 37.4 Å². The van der Waals surface area contributed by atoms with Crippen molar-refractivity contribution in [2.24, 2.45) is 0 Å². The molecule has 0 aliphatic carbocycles. The molecule has 1 amide bonds. The number of unbranched alkanes of at least 4 members (excludes halogenated alkanes) is 1. The van der Waals surface area contributed by atoms with Crippen molar-refractivity contribution in [3.63, 3.8) is 0 Å². The van der Waals surface area contributed by atoms with Gasteiger partial charge in [-0.15, -0.1) is 0 Å². The van der Waals surface area contributed by atoms with Gasteiger partial charge in [-0.3, -0.25) is 14.7 Å². The molecule has 0 radical (unpaired) electrons. The highest BCUT2D eigenvalue weighted by atomic mass is 16.5. The second-order valence-corrected chi connectivity index (χ2v) is 8.50. The van der Waals surface area contributed by atoms with Crippen LogP contribution in [0.1, 0.15) is 30.9 Å². The lowest BCUT2D eigenvalue weighted by atomic mass is 9.96. The van der Waals surface area contributed by atoms with E-state index in [2.05, 4.69) is 28.2 Å². The van der Waals surface area contributed by atoms with Crippen LogP contribution in [-0.4, -0.2) is 42.1 Å². The SMILES string of the molecule is CCC/C=C(/C(=O)Nc1ccccc1)c1cc(-c2cncc(CN3CCOCC3)c2)ccc1N. The molecule has 0 spiro atoms. The maximum atomic E-state index is 13.2. The quantitative estimate of drug-likeness (QED) is 0.369. The van der Waals surface area contributed by atoms with Gasteiger partial charge in [-0.1, -0.05) is 43.7 Å². The number of hydrogen-bond donors (Lipinski definition) is 2. The normalized spacial score (nSPS) is 14.7. The monoisotopic (exact) mass is 456 g/mol. The Labute approximate surface area is 201 Å². The van der Waals surface area contributed by atoms with E-state index in [0.29, 0.717) is 11.3 Å². The van der Waals surface area contributed by atoms with Crippen molar-refractivity contribution < 1.29 is 9.53 Å². The fraction of sp³-hybridized carbons (Fsp3) is 0.286. The van der Waals surface area contributed by atoms with Crippen LogP contribution in [0, 0.1) is 0 Å². The van der Waals surface area contributed by atoms with Crippen molar-refractivity contribution in [1.29, 1.82) is 0 Å². The van der Waals surface area contributed by atoms with E-state index in [1.54, 1.807) is 0 Å². The van der Waals surface area contributed by atoms with E-state index < -0.39 is 0 Å². The third kappa shape index (κ3) is 6.10. The second-order valence-electron chi connectivity index (χ2n) is 8.50. The van der Waals surface area contributed by atoms with Gasteiger partial charge in [-0.2, -0.15) is 0 Å². The Bertz CT molecular complexity index is 1140. The summed E-state index contributed by atoms with van der Waals surface area (Å²) in [5, 5.41) is 3.00. The van der Waals surface area contributed by atoms with Crippen molar-refractivity contribution in [3.05, 3.63) is 84.2 Å². The van der Waals surface area contributed by atoms with Crippen molar-refractivity contribution in [1.82, 2.24) is 9.88 Å². The molecule has 176 valence electrons. The van der Waals surface area contributed by atoms with Crippen LogP contribution < -0.4 is 11.1 Å². The summed E-state index contributed by atoms with van der Waals surface area (Å²) < 4.78 is 5.45.